The lowest BCUT2D eigenvalue weighted by molar-refractivity contribution is -0.116. The number of halogens is 1. The van der Waals surface area contributed by atoms with Gasteiger partial charge in [-0.3, -0.25) is 9.78 Å². The maximum absolute atomic E-state index is 13.8. The van der Waals surface area contributed by atoms with Crippen molar-refractivity contribution in [3.8, 4) is 0 Å². The topological polar surface area (TPSA) is 97.1 Å². The maximum atomic E-state index is 13.8. The van der Waals surface area contributed by atoms with Crippen molar-refractivity contribution in [2.24, 2.45) is 5.73 Å². The molecule has 0 aliphatic carbocycles. The van der Waals surface area contributed by atoms with Crippen LogP contribution < -0.4 is 16.4 Å². The molecule has 1 heterocycles. The maximum Gasteiger partial charge on any atom is 0.312 e. The zero-order chi connectivity index (χ0) is 15.9. The van der Waals surface area contributed by atoms with E-state index >= 15 is 0 Å². The molecule has 3 amide bonds. The van der Waals surface area contributed by atoms with Gasteiger partial charge in [0.15, 0.2) is 0 Å². The number of amides is 3. The third-order valence-corrected chi connectivity index (χ3v) is 2.93. The number of nitrogens with one attached hydrogen (secondary N) is 2. The number of nitrogens with two attached hydrogens (primary N) is 1. The molecule has 0 saturated heterocycles. The van der Waals surface area contributed by atoms with E-state index in [-0.39, 0.29) is 12.0 Å². The van der Waals surface area contributed by atoms with Crippen LogP contribution in [0.2, 0.25) is 0 Å². The second-order valence-electron chi connectivity index (χ2n) is 4.58. The molecule has 0 radical (unpaired) electrons. The van der Waals surface area contributed by atoms with Gasteiger partial charge in [0.2, 0.25) is 5.91 Å². The van der Waals surface area contributed by atoms with Gasteiger partial charge >= 0.3 is 6.03 Å². The molecule has 0 spiro atoms. The fraction of sp³-hybridized carbons (Fsp3) is 0.133. The Morgan fingerprint density at radius 3 is 2.64 bits per heavy atom. The quantitative estimate of drug-likeness (QED) is 0.787. The average Bonchev–Trinajstić information content (AvgIpc) is 2.47. The summed E-state index contributed by atoms with van der Waals surface area (Å²) >= 11 is 0. The van der Waals surface area contributed by atoms with E-state index in [1.165, 1.54) is 24.4 Å². The highest BCUT2D eigenvalue weighted by Gasteiger charge is 2.20. The highest BCUT2D eigenvalue weighted by Crippen LogP contribution is 2.20. The van der Waals surface area contributed by atoms with Gasteiger partial charge < -0.3 is 16.4 Å². The third-order valence-electron chi connectivity index (χ3n) is 2.93. The molecular formula is C15H15FN4O2. The molecule has 1 atom stereocenters. The minimum Gasteiger partial charge on any atom is -0.352 e. The molecule has 22 heavy (non-hydrogen) atoms. The first-order valence-electron chi connectivity index (χ1n) is 6.56. The lowest BCUT2D eigenvalue weighted by atomic mass is 10.0. The summed E-state index contributed by atoms with van der Waals surface area (Å²) in [5.74, 6) is -0.912. The highest BCUT2D eigenvalue weighted by atomic mass is 19.1. The van der Waals surface area contributed by atoms with Crippen LogP contribution in [-0.4, -0.2) is 16.9 Å². The van der Waals surface area contributed by atoms with Gasteiger partial charge in [0.05, 0.1) is 24.3 Å². The van der Waals surface area contributed by atoms with E-state index < -0.39 is 23.8 Å². The van der Waals surface area contributed by atoms with Crippen molar-refractivity contribution in [3.63, 3.8) is 0 Å². The van der Waals surface area contributed by atoms with Crippen LogP contribution in [0.25, 0.3) is 0 Å². The second-order valence-corrected chi connectivity index (χ2v) is 4.58. The molecule has 2 rings (SSSR count). The van der Waals surface area contributed by atoms with Gasteiger partial charge in [-0.15, -0.1) is 0 Å². The van der Waals surface area contributed by atoms with E-state index in [4.69, 9.17) is 5.73 Å². The number of carbonyl (C=O) groups excluding carboxylic acids is 2. The summed E-state index contributed by atoms with van der Waals surface area (Å²) in [6.07, 6.45) is 2.91. The molecule has 6 nitrogen and oxygen atoms in total. The van der Waals surface area contributed by atoms with Gasteiger partial charge in [0, 0.05) is 11.8 Å². The Morgan fingerprint density at radius 2 is 2.00 bits per heavy atom. The Balaban J connectivity index is 2.11. The zero-order valence-electron chi connectivity index (χ0n) is 11.6. The smallest absolute Gasteiger partial charge is 0.312 e. The first-order valence-corrected chi connectivity index (χ1v) is 6.56. The molecule has 0 aliphatic heterocycles. The molecular weight excluding hydrogens is 287 g/mol. The first kappa shape index (κ1) is 15.4. The monoisotopic (exact) mass is 302 g/mol. The molecule has 4 N–H and O–H groups in total. The summed E-state index contributed by atoms with van der Waals surface area (Å²) in [5, 5.41) is 4.99. The molecule has 0 unspecified atom stereocenters. The number of aromatic nitrogens is 1. The number of nitrogens with zero attached hydrogens (tertiary/aromatic N) is 1. The normalized spacial score (nSPS) is 11.5. The number of hydrogen-bond acceptors (Lipinski definition) is 3. The summed E-state index contributed by atoms with van der Waals surface area (Å²) in [7, 11) is 0. The van der Waals surface area contributed by atoms with E-state index in [0.29, 0.717) is 5.69 Å². The minimum absolute atomic E-state index is 0.154. The Labute approximate surface area is 126 Å². The largest absolute Gasteiger partial charge is 0.352 e. The number of urea groups is 1. The van der Waals surface area contributed by atoms with Crippen LogP contribution in [0, 0.1) is 5.82 Å². The van der Waals surface area contributed by atoms with Crippen molar-refractivity contribution >= 4 is 17.6 Å². The predicted molar refractivity (Wildman–Crippen MR) is 79.3 cm³/mol. The lowest BCUT2D eigenvalue weighted by Crippen LogP contribution is -2.35. The van der Waals surface area contributed by atoms with Gasteiger partial charge in [-0.25, -0.2) is 9.18 Å². The fourth-order valence-corrected chi connectivity index (χ4v) is 2.00. The van der Waals surface area contributed by atoms with E-state index in [1.54, 1.807) is 24.4 Å². The first-order chi connectivity index (χ1) is 10.6. The van der Waals surface area contributed by atoms with Gasteiger partial charge in [-0.1, -0.05) is 18.2 Å². The zero-order valence-corrected chi connectivity index (χ0v) is 11.6. The number of hydrogen-bond donors (Lipinski definition) is 3. The minimum atomic E-state index is -0.852. The van der Waals surface area contributed by atoms with Crippen LogP contribution in [0.5, 0.6) is 0 Å². The molecule has 0 aliphatic rings. The molecule has 2 aromatic rings. The van der Waals surface area contributed by atoms with E-state index in [9.17, 15) is 14.0 Å². The summed E-state index contributed by atoms with van der Waals surface area (Å²) in [6, 6.07) is 7.55. The van der Waals surface area contributed by atoms with Gasteiger partial charge in [-0.2, -0.15) is 0 Å². The number of pyridine rings is 1. The van der Waals surface area contributed by atoms with Crippen LogP contribution in [0.15, 0.2) is 48.8 Å². The lowest BCUT2D eigenvalue weighted by Gasteiger charge is -2.18. The number of carbonyl (C=O) groups is 2. The molecule has 7 heteroatoms. The fourth-order valence-electron chi connectivity index (χ4n) is 2.00. The van der Waals surface area contributed by atoms with Crippen LogP contribution >= 0.6 is 0 Å². The Bertz CT molecular complexity index is 664. The standard InChI is InChI=1S/C15H15FN4O2/c16-12-6-2-1-5-11(12)13(20-15(17)22)8-14(21)19-10-4-3-7-18-9-10/h1-7,9,13H,8H2,(H,19,21)(H3,17,20,22)/t13-/m0/s1. The van der Waals surface area contributed by atoms with Crippen molar-refractivity contribution in [1.29, 1.82) is 0 Å². The summed E-state index contributed by atoms with van der Waals surface area (Å²) in [5.41, 5.74) is 5.80. The summed E-state index contributed by atoms with van der Waals surface area (Å²) in [6.45, 7) is 0. The van der Waals surface area contributed by atoms with E-state index in [1.807, 2.05) is 0 Å². The molecule has 0 fully saturated rings. The van der Waals surface area contributed by atoms with Crippen molar-refractivity contribution in [3.05, 3.63) is 60.2 Å². The molecule has 0 saturated carbocycles. The highest BCUT2D eigenvalue weighted by molar-refractivity contribution is 5.91. The Kier molecular flexibility index (Phi) is 5.02. The Morgan fingerprint density at radius 1 is 1.23 bits per heavy atom. The van der Waals surface area contributed by atoms with Crippen LogP contribution in [-0.2, 0) is 4.79 Å². The van der Waals surface area contributed by atoms with Gasteiger partial charge in [0.25, 0.3) is 0 Å². The third kappa shape index (κ3) is 4.27. The average molecular weight is 302 g/mol. The molecule has 114 valence electrons. The van der Waals surface area contributed by atoms with Crippen molar-refractivity contribution in [2.45, 2.75) is 12.5 Å². The predicted octanol–water partition coefficient (Wildman–Crippen LogP) is 1.96. The number of anilines is 1. The number of benzene rings is 1. The number of primary amides is 1. The van der Waals surface area contributed by atoms with Crippen molar-refractivity contribution in [2.75, 3.05) is 5.32 Å². The summed E-state index contributed by atoms with van der Waals surface area (Å²) in [4.78, 5) is 27.0. The van der Waals surface area contributed by atoms with Crippen molar-refractivity contribution < 1.29 is 14.0 Å². The van der Waals surface area contributed by atoms with Crippen LogP contribution in [0.1, 0.15) is 18.0 Å². The molecule has 1 aromatic carbocycles. The Hall–Kier alpha value is -2.96. The van der Waals surface area contributed by atoms with Gasteiger partial charge in [-0.05, 0) is 18.2 Å². The molecule has 0 bridgehead atoms. The van der Waals surface area contributed by atoms with E-state index in [2.05, 4.69) is 15.6 Å². The van der Waals surface area contributed by atoms with Crippen LogP contribution in [0.3, 0.4) is 0 Å². The SMILES string of the molecule is NC(=O)N[C@@H](CC(=O)Nc1cccnc1)c1ccccc1F. The van der Waals surface area contributed by atoms with Gasteiger partial charge in [0.1, 0.15) is 5.82 Å². The van der Waals surface area contributed by atoms with Crippen molar-refractivity contribution in [1.82, 2.24) is 10.3 Å². The summed E-state index contributed by atoms with van der Waals surface area (Å²) < 4.78 is 13.8. The van der Waals surface area contributed by atoms with Crippen LogP contribution in [0.4, 0.5) is 14.9 Å². The second kappa shape index (κ2) is 7.16. The molecule has 1 aromatic heterocycles. The van der Waals surface area contributed by atoms with E-state index in [0.717, 1.165) is 0 Å². The number of rotatable bonds is 5.